The SMILES string of the molecule is CC(C)Oc1ccccc1NC(=O)C1CCN(S(=O)(=O)c2cccs2)CC1. The Morgan fingerprint density at radius 2 is 1.89 bits per heavy atom. The molecule has 0 spiro atoms. The Bertz CT molecular complexity index is 871. The number of sulfonamides is 1. The summed E-state index contributed by atoms with van der Waals surface area (Å²) in [6, 6.07) is 10.7. The molecule has 0 atom stereocenters. The van der Waals surface area contributed by atoms with Gasteiger partial charge in [-0.15, -0.1) is 11.3 Å². The van der Waals surface area contributed by atoms with E-state index in [0.717, 1.165) is 0 Å². The summed E-state index contributed by atoms with van der Waals surface area (Å²) >= 11 is 1.22. The average molecular weight is 409 g/mol. The Hall–Kier alpha value is -1.90. The minimum atomic E-state index is -3.45. The highest BCUT2D eigenvalue weighted by Crippen LogP contribution is 2.29. The number of nitrogens with zero attached hydrogens (tertiary/aromatic N) is 1. The number of carbonyl (C=O) groups is 1. The van der Waals surface area contributed by atoms with Crippen molar-refractivity contribution in [1.29, 1.82) is 0 Å². The summed E-state index contributed by atoms with van der Waals surface area (Å²) in [4.78, 5) is 12.7. The van der Waals surface area contributed by atoms with Crippen molar-refractivity contribution in [2.75, 3.05) is 18.4 Å². The Labute approximate surface area is 164 Å². The van der Waals surface area contributed by atoms with Crippen LogP contribution >= 0.6 is 11.3 Å². The fourth-order valence-corrected chi connectivity index (χ4v) is 5.67. The third-order valence-electron chi connectivity index (χ3n) is 4.42. The minimum absolute atomic E-state index is 0.00810. The van der Waals surface area contributed by atoms with E-state index in [1.165, 1.54) is 15.6 Å². The van der Waals surface area contributed by atoms with Crippen molar-refractivity contribution in [2.24, 2.45) is 5.92 Å². The van der Waals surface area contributed by atoms with Gasteiger partial charge in [0.1, 0.15) is 9.96 Å². The number of anilines is 1. The molecule has 0 radical (unpaired) electrons. The van der Waals surface area contributed by atoms with E-state index in [-0.39, 0.29) is 17.9 Å². The molecule has 0 aliphatic carbocycles. The molecule has 1 aliphatic rings. The van der Waals surface area contributed by atoms with Crippen molar-refractivity contribution in [3.05, 3.63) is 41.8 Å². The van der Waals surface area contributed by atoms with Crippen molar-refractivity contribution in [3.63, 3.8) is 0 Å². The molecule has 1 amide bonds. The maximum atomic E-state index is 12.7. The summed E-state index contributed by atoms with van der Waals surface area (Å²) in [5, 5.41) is 4.69. The molecule has 2 heterocycles. The minimum Gasteiger partial charge on any atom is -0.489 e. The summed E-state index contributed by atoms with van der Waals surface area (Å²) in [5.41, 5.74) is 0.643. The lowest BCUT2D eigenvalue weighted by Crippen LogP contribution is -2.41. The number of benzene rings is 1. The summed E-state index contributed by atoms with van der Waals surface area (Å²) in [5.74, 6) is 0.327. The van der Waals surface area contributed by atoms with Crippen LogP contribution in [-0.2, 0) is 14.8 Å². The van der Waals surface area contributed by atoms with Crippen LogP contribution in [0.1, 0.15) is 26.7 Å². The van der Waals surface area contributed by atoms with E-state index in [2.05, 4.69) is 5.32 Å². The smallest absolute Gasteiger partial charge is 0.252 e. The van der Waals surface area contributed by atoms with Gasteiger partial charge >= 0.3 is 0 Å². The van der Waals surface area contributed by atoms with Gasteiger partial charge in [-0.2, -0.15) is 4.31 Å². The molecule has 0 bridgehead atoms. The molecule has 27 heavy (non-hydrogen) atoms. The van der Waals surface area contributed by atoms with E-state index in [0.29, 0.717) is 41.6 Å². The first-order valence-electron chi connectivity index (χ1n) is 8.98. The second-order valence-electron chi connectivity index (χ2n) is 6.76. The second-order valence-corrected chi connectivity index (χ2v) is 9.87. The Balaban J connectivity index is 1.61. The van der Waals surface area contributed by atoms with Crippen LogP contribution in [0.2, 0.25) is 0 Å². The topological polar surface area (TPSA) is 75.7 Å². The fourth-order valence-electron chi connectivity index (χ4n) is 3.06. The summed E-state index contributed by atoms with van der Waals surface area (Å²) in [7, 11) is -3.45. The molecular formula is C19H24N2O4S2. The van der Waals surface area contributed by atoms with Gasteiger partial charge in [0, 0.05) is 19.0 Å². The van der Waals surface area contributed by atoms with Gasteiger partial charge in [0.2, 0.25) is 5.91 Å². The standard InChI is InChI=1S/C19H24N2O4S2/c1-14(2)25-17-7-4-3-6-16(17)20-19(22)15-9-11-21(12-10-15)27(23,24)18-8-5-13-26-18/h3-8,13-15H,9-12H2,1-2H3,(H,20,22). The second kappa shape index (κ2) is 8.41. The molecule has 3 rings (SSSR count). The van der Waals surface area contributed by atoms with E-state index in [9.17, 15) is 13.2 Å². The van der Waals surface area contributed by atoms with E-state index in [4.69, 9.17) is 4.74 Å². The fraction of sp³-hybridized carbons (Fsp3) is 0.421. The molecule has 1 saturated heterocycles. The van der Waals surface area contributed by atoms with E-state index < -0.39 is 10.0 Å². The monoisotopic (exact) mass is 408 g/mol. The lowest BCUT2D eigenvalue weighted by atomic mass is 9.97. The van der Waals surface area contributed by atoms with Crippen LogP contribution in [0.4, 0.5) is 5.69 Å². The van der Waals surface area contributed by atoms with Gasteiger partial charge in [0.25, 0.3) is 10.0 Å². The van der Waals surface area contributed by atoms with Crippen LogP contribution in [0.5, 0.6) is 5.75 Å². The first-order chi connectivity index (χ1) is 12.9. The molecule has 6 nitrogen and oxygen atoms in total. The molecular weight excluding hydrogens is 384 g/mol. The summed E-state index contributed by atoms with van der Waals surface area (Å²) in [6.07, 6.45) is 1.02. The summed E-state index contributed by atoms with van der Waals surface area (Å²) < 4.78 is 32.7. The molecule has 2 aromatic rings. The Morgan fingerprint density at radius 1 is 1.19 bits per heavy atom. The number of hydrogen-bond donors (Lipinski definition) is 1. The van der Waals surface area contributed by atoms with Gasteiger partial charge in [0.05, 0.1) is 11.8 Å². The third-order valence-corrected chi connectivity index (χ3v) is 7.69. The predicted octanol–water partition coefficient (Wildman–Crippen LogP) is 3.57. The highest BCUT2D eigenvalue weighted by Gasteiger charge is 2.32. The number of piperidine rings is 1. The van der Waals surface area contributed by atoms with Crippen LogP contribution in [0.3, 0.4) is 0 Å². The van der Waals surface area contributed by atoms with Crippen LogP contribution < -0.4 is 10.1 Å². The largest absolute Gasteiger partial charge is 0.489 e. The maximum absolute atomic E-state index is 12.7. The zero-order valence-corrected chi connectivity index (χ0v) is 17.1. The number of thiophene rings is 1. The zero-order chi connectivity index (χ0) is 19.4. The van der Waals surface area contributed by atoms with Crippen molar-refractivity contribution in [1.82, 2.24) is 4.31 Å². The van der Waals surface area contributed by atoms with Gasteiger partial charge in [-0.3, -0.25) is 4.79 Å². The molecule has 0 unspecified atom stereocenters. The van der Waals surface area contributed by atoms with Crippen LogP contribution in [0.25, 0.3) is 0 Å². The van der Waals surface area contributed by atoms with Crippen molar-refractivity contribution in [2.45, 2.75) is 37.0 Å². The summed E-state index contributed by atoms with van der Waals surface area (Å²) in [6.45, 7) is 4.57. The first kappa shape index (κ1) is 19.9. The molecule has 8 heteroatoms. The number of nitrogens with one attached hydrogen (secondary N) is 1. The highest BCUT2D eigenvalue weighted by atomic mass is 32.2. The normalized spacial score (nSPS) is 16.4. The van der Waals surface area contributed by atoms with Gasteiger partial charge in [-0.05, 0) is 50.3 Å². The predicted molar refractivity (Wildman–Crippen MR) is 107 cm³/mol. The molecule has 1 aromatic heterocycles. The van der Waals surface area contributed by atoms with E-state index in [1.54, 1.807) is 17.5 Å². The van der Waals surface area contributed by atoms with E-state index >= 15 is 0 Å². The molecule has 0 saturated carbocycles. The molecule has 1 N–H and O–H groups in total. The van der Waals surface area contributed by atoms with Gasteiger partial charge < -0.3 is 10.1 Å². The number of para-hydroxylation sites is 2. The number of rotatable bonds is 6. The van der Waals surface area contributed by atoms with Crippen LogP contribution in [0, 0.1) is 5.92 Å². The first-order valence-corrected chi connectivity index (χ1v) is 11.3. The highest BCUT2D eigenvalue weighted by molar-refractivity contribution is 7.91. The maximum Gasteiger partial charge on any atom is 0.252 e. The third kappa shape index (κ3) is 4.69. The van der Waals surface area contributed by atoms with Crippen molar-refractivity contribution >= 4 is 33.0 Å². The lowest BCUT2D eigenvalue weighted by Gasteiger charge is -2.30. The number of ether oxygens (including phenoxy) is 1. The number of carbonyl (C=O) groups excluding carboxylic acids is 1. The average Bonchev–Trinajstić information content (AvgIpc) is 3.18. The van der Waals surface area contributed by atoms with Gasteiger partial charge in [-0.25, -0.2) is 8.42 Å². The van der Waals surface area contributed by atoms with E-state index in [1.807, 2.05) is 38.1 Å². The van der Waals surface area contributed by atoms with Crippen LogP contribution in [-0.4, -0.2) is 37.8 Å². The van der Waals surface area contributed by atoms with Crippen LogP contribution in [0.15, 0.2) is 46.0 Å². The molecule has 1 aromatic carbocycles. The quantitative estimate of drug-likeness (QED) is 0.793. The zero-order valence-electron chi connectivity index (χ0n) is 15.4. The Kier molecular flexibility index (Phi) is 6.18. The molecule has 1 aliphatic heterocycles. The van der Waals surface area contributed by atoms with Crippen molar-refractivity contribution in [3.8, 4) is 5.75 Å². The molecule has 1 fully saturated rings. The lowest BCUT2D eigenvalue weighted by molar-refractivity contribution is -0.120. The Morgan fingerprint density at radius 3 is 2.52 bits per heavy atom. The van der Waals surface area contributed by atoms with Gasteiger partial charge in [-0.1, -0.05) is 18.2 Å². The number of hydrogen-bond acceptors (Lipinski definition) is 5. The van der Waals surface area contributed by atoms with Crippen molar-refractivity contribution < 1.29 is 17.9 Å². The molecule has 146 valence electrons. The van der Waals surface area contributed by atoms with Gasteiger partial charge in [0.15, 0.2) is 0 Å². The number of amides is 1.